The van der Waals surface area contributed by atoms with E-state index in [1.54, 1.807) is 7.11 Å². The van der Waals surface area contributed by atoms with Crippen molar-refractivity contribution < 1.29 is 13.9 Å². The molecule has 0 amide bonds. The van der Waals surface area contributed by atoms with Crippen LogP contribution in [-0.4, -0.2) is 54.7 Å². The Bertz CT molecular complexity index is 1080. The van der Waals surface area contributed by atoms with Gasteiger partial charge in [0, 0.05) is 28.0 Å². The minimum atomic E-state index is -0.424. The molecule has 30 heavy (non-hydrogen) atoms. The van der Waals surface area contributed by atoms with Gasteiger partial charge in [0.15, 0.2) is 0 Å². The highest BCUT2D eigenvalue weighted by Gasteiger charge is 2.45. The van der Waals surface area contributed by atoms with Crippen LogP contribution in [0, 0.1) is 5.41 Å². The van der Waals surface area contributed by atoms with Gasteiger partial charge in [-0.2, -0.15) is 5.10 Å². The number of halogens is 2. The van der Waals surface area contributed by atoms with Crippen molar-refractivity contribution in [1.29, 1.82) is 0 Å². The number of hydrogen-bond acceptors (Lipinski definition) is 4. The minimum Gasteiger partial charge on any atom is -0.496 e. The maximum absolute atomic E-state index is 14.0. The molecule has 158 valence electrons. The molecule has 1 unspecified atom stereocenters. The van der Waals surface area contributed by atoms with Gasteiger partial charge < -0.3 is 9.47 Å². The van der Waals surface area contributed by atoms with Crippen LogP contribution in [0.15, 0.2) is 41.0 Å². The Hall–Kier alpha value is -1.96. The number of nitrogens with zero attached hydrogens (tertiary/aromatic N) is 2. The molecule has 0 radical (unpaired) electrons. The average Bonchev–Trinajstić information content (AvgIpc) is 3.20. The van der Waals surface area contributed by atoms with Gasteiger partial charge in [-0.25, -0.2) is 0 Å². The zero-order valence-electron chi connectivity index (χ0n) is 17.1. The first-order valence-corrected chi connectivity index (χ1v) is 11.0. The van der Waals surface area contributed by atoms with Crippen molar-refractivity contribution in [2.45, 2.75) is 25.4 Å². The standard InChI is InChI=1S/C23H25BrFN3O2/c1-14-7-18-16(5-6-20-19(18)9-26-27-20)22(17-4-3-15(24)8-21(17)29-2)28(14)11-23(10-25)12-30-13-23/h3-6,8-9,14,22H,7,10-13H2,1-2H3,(H,26,27)/t14-,22?/m1/s1. The Morgan fingerprint density at radius 2 is 2.10 bits per heavy atom. The SMILES string of the molecule is COc1cc(Br)ccc1C1c2ccc3[nH]ncc3c2C[C@@H](C)N1CC1(CF)COC1. The second-order valence-electron chi connectivity index (χ2n) is 8.61. The highest BCUT2D eigenvalue weighted by molar-refractivity contribution is 9.10. The van der Waals surface area contributed by atoms with Gasteiger partial charge >= 0.3 is 0 Å². The van der Waals surface area contributed by atoms with E-state index < -0.39 is 5.41 Å². The Morgan fingerprint density at radius 3 is 2.80 bits per heavy atom. The molecule has 2 aliphatic rings. The number of rotatable bonds is 5. The lowest BCUT2D eigenvalue weighted by atomic mass is 9.79. The van der Waals surface area contributed by atoms with E-state index in [0.29, 0.717) is 19.8 Å². The molecule has 0 bridgehead atoms. The van der Waals surface area contributed by atoms with Crippen molar-refractivity contribution in [3.63, 3.8) is 0 Å². The smallest absolute Gasteiger partial charge is 0.125 e. The highest BCUT2D eigenvalue weighted by Crippen LogP contribution is 2.45. The minimum absolute atomic E-state index is 0.0323. The molecule has 0 spiro atoms. The van der Waals surface area contributed by atoms with Gasteiger partial charge in [0.05, 0.1) is 43.5 Å². The van der Waals surface area contributed by atoms with Crippen LogP contribution >= 0.6 is 15.9 Å². The van der Waals surface area contributed by atoms with Crippen molar-refractivity contribution in [1.82, 2.24) is 15.1 Å². The topological polar surface area (TPSA) is 50.4 Å². The summed E-state index contributed by atoms with van der Waals surface area (Å²) in [4.78, 5) is 2.43. The summed E-state index contributed by atoms with van der Waals surface area (Å²) < 4.78 is 26.2. The second kappa shape index (κ2) is 7.62. The van der Waals surface area contributed by atoms with E-state index in [0.717, 1.165) is 33.1 Å². The highest BCUT2D eigenvalue weighted by atomic mass is 79.9. The number of ether oxygens (including phenoxy) is 2. The second-order valence-corrected chi connectivity index (χ2v) is 9.52. The van der Waals surface area contributed by atoms with Crippen molar-refractivity contribution >= 4 is 26.8 Å². The molecule has 1 aromatic heterocycles. The summed E-state index contributed by atoms with van der Waals surface area (Å²) in [5, 5.41) is 8.50. The van der Waals surface area contributed by atoms with E-state index in [1.807, 2.05) is 18.3 Å². The van der Waals surface area contributed by atoms with Crippen LogP contribution in [0.3, 0.4) is 0 Å². The first-order chi connectivity index (χ1) is 14.5. The third-order valence-electron chi connectivity index (χ3n) is 6.57. The largest absolute Gasteiger partial charge is 0.496 e. The molecule has 1 fully saturated rings. The summed E-state index contributed by atoms with van der Waals surface area (Å²) in [7, 11) is 1.70. The Labute approximate surface area is 183 Å². The number of alkyl halides is 1. The Kier molecular flexibility index (Phi) is 5.08. The van der Waals surface area contributed by atoms with Crippen LogP contribution in [0.2, 0.25) is 0 Å². The molecule has 7 heteroatoms. The number of benzene rings is 2. The van der Waals surface area contributed by atoms with Crippen molar-refractivity contribution in [3.8, 4) is 5.75 Å². The third-order valence-corrected chi connectivity index (χ3v) is 7.07. The fourth-order valence-electron chi connectivity index (χ4n) is 4.92. The number of methoxy groups -OCH3 is 1. The lowest BCUT2D eigenvalue weighted by molar-refractivity contribution is -0.143. The number of aromatic nitrogens is 2. The van der Waals surface area contributed by atoms with Gasteiger partial charge in [-0.05, 0) is 42.7 Å². The summed E-state index contributed by atoms with van der Waals surface area (Å²) in [6.45, 7) is 3.46. The number of nitrogens with one attached hydrogen (secondary N) is 1. The van der Waals surface area contributed by atoms with Gasteiger partial charge in [-0.3, -0.25) is 14.4 Å². The first kappa shape index (κ1) is 20.0. The Balaban J connectivity index is 1.68. The maximum atomic E-state index is 14.0. The van der Waals surface area contributed by atoms with E-state index in [2.05, 4.69) is 56.2 Å². The van der Waals surface area contributed by atoms with Gasteiger partial charge in [0.1, 0.15) is 12.4 Å². The van der Waals surface area contributed by atoms with Crippen molar-refractivity contribution in [2.75, 3.05) is 33.5 Å². The predicted molar refractivity (Wildman–Crippen MR) is 118 cm³/mol. The fraction of sp³-hybridized carbons (Fsp3) is 0.435. The molecular weight excluding hydrogens is 449 g/mol. The van der Waals surface area contributed by atoms with Gasteiger partial charge in [-0.15, -0.1) is 0 Å². The molecular formula is C23H25BrFN3O2. The molecule has 2 aromatic carbocycles. The Morgan fingerprint density at radius 1 is 1.30 bits per heavy atom. The molecule has 2 atom stereocenters. The van der Waals surface area contributed by atoms with Crippen molar-refractivity contribution in [2.24, 2.45) is 5.41 Å². The van der Waals surface area contributed by atoms with Crippen LogP contribution < -0.4 is 4.74 Å². The van der Waals surface area contributed by atoms with Crippen LogP contribution in [0.4, 0.5) is 4.39 Å². The number of aromatic amines is 1. The number of hydrogen-bond donors (Lipinski definition) is 1. The van der Waals surface area contributed by atoms with E-state index >= 15 is 0 Å². The van der Waals surface area contributed by atoms with E-state index in [4.69, 9.17) is 9.47 Å². The molecule has 1 N–H and O–H groups in total. The zero-order chi connectivity index (χ0) is 20.9. The molecule has 1 saturated heterocycles. The normalized spacial score (nSPS) is 23.2. The lowest BCUT2D eigenvalue weighted by Crippen LogP contribution is -2.56. The third kappa shape index (κ3) is 3.15. The van der Waals surface area contributed by atoms with Crippen molar-refractivity contribution in [3.05, 3.63) is 57.7 Å². The summed E-state index contributed by atoms with van der Waals surface area (Å²) in [5.74, 6) is 0.825. The van der Waals surface area contributed by atoms with Crippen LogP contribution in [0.5, 0.6) is 5.75 Å². The zero-order valence-corrected chi connectivity index (χ0v) is 18.7. The predicted octanol–water partition coefficient (Wildman–Crippen LogP) is 4.66. The summed E-state index contributed by atoms with van der Waals surface area (Å²) in [5.41, 5.74) is 4.25. The molecule has 0 saturated carbocycles. The van der Waals surface area contributed by atoms with Crippen LogP contribution in [0.1, 0.15) is 29.7 Å². The van der Waals surface area contributed by atoms with Crippen LogP contribution in [-0.2, 0) is 11.2 Å². The summed E-state index contributed by atoms with van der Waals surface area (Å²) in [6, 6.07) is 10.6. The molecule has 2 aliphatic heterocycles. The van der Waals surface area contributed by atoms with Crippen LogP contribution in [0.25, 0.3) is 10.9 Å². The quantitative estimate of drug-likeness (QED) is 0.585. The number of H-pyrrole nitrogens is 1. The van der Waals surface area contributed by atoms with E-state index in [9.17, 15) is 4.39 Å². The van der Waals surface area contributed by atoms with Gasteiger partial charge in [0.25, 0.3) is 0 Å². The summed E-state index contributed by atoms with van der Waals surface area (Å²) in [6.07, 6.45) is 2.81. The van der Waals surface area contributed by atoms with Gasteiger partial charge in [-0.1, -0.05) is 28.1 Å². The molecule has 0 aliphatic carbocycles. The maximum Gasteiger partial charge on any atom is 0.125 e. The van der Waals surface area contributed by atoms with E-state index in [1.165, 1.54) is 11.1 Å². The molecule has 5 rings (SSSR count). The molecule has 5 nitrogen and oxygen atoms in total. The molecule has 3 aromatic rings. The lowest BCUT2D eigenvalue weighted by Gasteiger charge is -2.49. The average molecular weight is 474 g/mol. The monoisotopic (exact) mass is 473 g/mol. The number of fused-ring (bicyclic) bond motifs is 3. The first-order valence-electron chi connectivity index (χ1n) is 10.2. The van der Waals surface area contributed by atoms with Gasteiger partial charge in [0.2, 0.25) is 0 Å². The fourth-order valence-corrected chi connectivity index (χ4v) is 5.26. The van der Waals surface area contributed by atoms with E-state index in [-0.39, 0.29) is 18.8 Å². The summed E-state index contributed by atoms with van der Waals surface area (Å²) >= 11 is 3.56. The molecule has 3 heterocycles.